The van der Waals surface area contributed by atoms with Crippen LogP contribution < -0.4 is 0 Å². The van der Waals surface area contributed by atoms with Gasteiger partial charge in [0.15, 0.2) is 0 Å². The van der Waals surface area contributed by atoms with Gasteiger partial charge in [-0.3, -0.25) is 0 Å². The van der Waals surface area contributed by atoms with Crippen molar-refractivity contribution in [1.82, 2.24) is 0 Å². The van der Waals surface area contributed by atoms with Crippen LogP contribution in [-0.4, -0.2) is 0 Å². The third kappa shape index (κ3) is 4.15. The lowest BCUT2D eigenvalue weighted by atomic mass is 10.1. The van der Waals surface area contributed by atoms with Crippen LogP contribution in [0.1, 0.15) is 22.3 Å². The molecule has 0 saturated heterocycles. The topological polar surface area (TPSA) is 0 Å². The molecule has 96 valence electrons. The second-order valence-corrected chi connectivity index (χ2v) is 5.38. The molecule has 0 N–H and O–H groups in total. The molecular formula is C18H18S. The van der Waals surface area contributed by atoms with E-state index in [-0.39, 0.29) is 0 Å². The van der Waals surface area contributed by atoms with Crippen molar-refractivity contribution in [2.24, 2.45) is 0 Å². The smallest absolute Gasteiger partial charge is 0.0188 e. The molecule has 0 aromatic heterocycles. The number of benzene rings is 2. The van der Waals surface area contributed by atoms with Crippen LogP contribution in [0.5, 0.6) is 0 Å². The molecule has 0 aliphatic heterocycles. The van der Waals surface area contributed by atoms with Crippen molar-refractivity contribution in [3.63, 3.8) is 0 Å². The zero-order valence-corrected chi connectivity index (χ0v) is 11.8. The van der Waals surface area contributed by atoms with Gasteiger partial charge in [-0.15, -0.1) is 0 Å². The molecule has 2 aromatic rings. The van der Waals surface area contributed by atoms with Crippen molar-refractivity contribution < 1.29 is 0 Å². The van der Waals surface area contributed by atoms with E-state index in [1.807, 2.05) is 23.9 Å². The first-order chi connectivity index (χ1) is 9.31. The fourth-order valence-electron chi connectivity index (χ4n) is 1.91. The third-order valence-corrected chi connectivity index (χ3v) is 3.99. The second kappa shape index (κ2) is 7.01. The number of hydrogen-bond acceptors (Lipinski definition) is 1. The van der Waals surface area contributed by atoms with E-state index in [0.717, 1.165) is 11.5 Å². The van der Waals surface area contributed by atoms with Crippen molar-refractivity contribution in [3.05, 3.63) is 83.9 Å². The Morgan fingerprint density at radius 1 is 0.789 bits per heavy atom. The molecule has 0 spiro atoms. The number of rotatable bonds is 6. The first kappa shape index (κ1) is 13.7. The molecule has 0 heterocycles. The first-order valence-corrected chi connectivity index (χ1v) is 7.48. The Morgan fingerprint density at radius 2 is 1.26 bits per heavy atom. The van der Waals surface area contributed by atoms with Crippen LogP contribution in [0, 0.1) is 0 Å². The van der Waals surface area contributed by atoms with E-state index in [9.17, 15) is 0 Å². The normalized spacial score (nSPS) is 10.1. The highest BCUT2D eigenvalue weighted by Gasteiger charge is 1.97. The number of hydrogen-bond donors (Lipinski definition) is 0. The van der Waals surface area contributed by atoms with E-state index in [1.165, 1.54) is 22.3 Å². The summed E-state index contributed by atoms with van der Waals surface area (Å²) < 4.78 is 0. The molecule has 0 atom stereocenters. The maximum absolute atomic E-state index is 3.80. The highest BCUT2D eigenvalue weighted by molar-refractivity contribution is 7.97. The monoisotopic (exact) mass is 266 g/mol. The average Bonchev–Trinajstić information content (AvgIpc) is 2.48. The van der Waals surface area contributed by atoms with Gasteiger partial charge in [-0.05, 0) is 22.3 Å². The average molecular weight is 266 g/mol. The zero-order valence-electron chi connectivity index (χ0n) is 11.0. The molecule has 2 aromatic carbocycles. The summed E-state index contributed by atoms with van der Waals surface area (Å²) in [5, 5.41) is 0. The van der Waals surface area contributed by atoms with E-state index in [0.29, 0.717) is 0 Å². The molecular weight excluding hydrogens is 248 g/mol. The van der Waals surface area contributed by atoms with Crippen LogP contribution in [0.25, 0.3) is 12.2 Å². The summed E-state index contributed by atoms with van der Waals surface area (Å²) in [5.74, 6) is 2.06. The summed E-state index contributed by atoms with van der Waals surface area (Å²) >= 11 is 1.93. The molecule has 1 heteroatoms. The van der Waals surface area contributed by atoms with Crippen LogP contribution >= 0.6 is 11.8 Å². The lowest BCUT2D eigenvalue weighted by molar-refractivity contribution is 1.36. The lowest BCUT2D eigenvalue weighted by Crippen LogP contribution is -1.85. The van der Waals surface area contributed by atoms with Crippen LogP contribution in [0.2, 0.25) is 0 Å². The van der Waals surface area contributed by atoms with Crippen molar-refractivity contribution in [3.8, 4) is 0 Å². The minimum absolute atomic E-state index is 1.03. The SMILES string of the molecule is C=Cc1cccc(CSCc2cccc(C=C)c2)c1. The molecule has 2 rings (SSSR count). The molecule has 0 aliphatic rings. The summed E-state index contributed by atoms with van der Waals surface area (Å²) in [6.45, 7) is 7.61. The Morgan fingerprint density at radius 3 is 1.68 bits per heavy atom. The maximum Gasteiger partial charge on any atom is 0.0188 e. The summed E-state index contributed by atoms with van der Waals surface area (Å²) in [6.07, 6.45) is 3.78. The quantitative estimate of drug-likeness (QED) is 0.674. The lowest BCUT2D eigenvalue weighted by Gasteiger charge is -2.04. The molecule has 0 nitrogen and oxygen atoms in total. The van der Waals surface area contributed by atoms with Gasteiger partial charge < -0.3 is 0 Å². The largest absolute Gasteiger partial charge is 0.152 e. The van der Waals surface area contributed by atoms with Crippen molar-refractivity contribution >= 4 is 23.9 Å². The Labute approximate surface area is 119 Å². The van der Waals surface area contributed by atoms with E-state index in [2.05, 4.69) is 61.7 Å². The molecule has 0 aliphatic carbocycles. The highest BCUT2D eigenvalue weighted by atomic mass is 32.2. The van der Waals surface area contributed by atoms with E-state index in [4.69, 9.17) is 0 Å². The fourth-order valence-corrected chi connectivity index (χ4v) is 2.84. The van der Waals surface area contributed by atoms with Crippen molar-refractivity contribution in [2.75, 3.05) is 0 Å². The number of thioether (sulfide) groups is 1. The predicted molar refractivity (Wildman–Crippen MR) is 88.1 cm³/mol. The van der Waals surface area contributed by atoms with E-state index >= 15 is 0 Å². The Kier molecular flexibility index (Phi) is 5.05. The maximum atomic E-state index is 3.80. The minimum atomic E-state index is 1.03. The molecule has 0 bridgehead atoms. The summed E-state index contributed by atoms with van der Waals surface area (Å²) in [7, 11) is 0. The van der Waals surface area contributed by atoms with Gasteiger partial charge in [0.2, 0.25) is 0 Å². The van der Waals surface area contributed by atoms with Crippen LogP contribution in [0.15, 0.2) is 61.7 Å². The molecule has 0 fully saturated rings. The third-order valence-electron chi connectivity index (χ3n) is 2.91. The van der Waals surface area contributed by atoms with Crippen LogP contribution in [-0.2, 0) is 11.5 Å². The van der Waals surface area contributed by atoms with Gasteiger partial charge in [0, 0.05) is 11.5 Å². The standard InChI is InChI=1S/C18H18S/c1-3-15-7-5-9-17(11-15)13-19-14-18-10-6-8-16(4-2)12-18/h3-12H,1-2,13-14H2. The van der Waals surface area contributed by atoms with Crippen LogP contribution in [0.3, 0.4) is 0 Å². The zero-order chi connectivity index (χ0) is 13.5. The van der Waals surface area contributed by atoms with E-state index < -0.39 is 0 Å². The van der Waals surface area contributed by atoms with Gasteiger partial charge in [0.25, 0.3) is 0 Å². The van der Waals surface area contributed by atoms with Crippen molar-refractivity contribution in [1.29, 1.82) is 0 Å². The Bertz CT molecular complexity index is 518. The first-order valence-electron chi connectivity index (χ1n) is 6.32. The molecule has 0 saturated carbocycles. The van der Waals surface area contributed by atoms with Gasteiger partial charge >= 0.3 is 0 Å². The Hall–Kier alpha value is -1.73. The summed E-state index contributed by atoms with van der Waals surface area (Å²) in [5.41, 5.74) is 5.07. The van der Waals surface area contributed by atoms with Gasteiger partial charge in [-0.25, -0.2) is 0 Å². The summed E-state index contributed by atoms with van der Waals surface area (Å²) in [6, 6.07) is 17.1. The molecule has 19 heavy (non-hydrogen) atoms. The van der Waals surface area contributed by atoms with Gasteiger partial charge in [-0.2, -0.15) is 11.8 Å². The Balaban J connectivity index is 1.92. The molecule has 0 amide bonds. The fraction of sp³-hybridized carbons (Fsp3) is 0.111. The molecule has 0 radical (unpaired) electrons. The van der Waals surface area contributed by atoms with E-state index in [1.54, 1.807) is 0 Å². The van der Waals surface area contributed by atoms with Gasteiger partial charge in [-0.1, -0.05) is 73.8 Å². The summed E-state index contributed by atoms with van der Waals surface area (Å²) in [4.78, 5) is 0. The van der Waals surface area contributed by atoms with Crippen LogP contribution in [0.4, 0.5) is 0 Å². The highest BCUT2D eigenvalue weighted by Crippen LogP contribution is 2.19. The second-order valence-electron chi connectivity index (χ2n) is 4.39. The minimum Gasteiger partial charge on any atom is -0.152 e. The van der Waals surface area contributed by atoms with Gasteiger partial charge in [0.1, 0.15) is 0 Å². The van der Waals surface area contributed by atoms with Gasteiger partial charge in [0.05, 0.1) is 0 Å². The van der Waals surface area contributed by atoms with Crippen molar-refractivity contribution in [2.45, 2.75) is 11.5 Å². The predicted octanol–water partition coefficient (Wildman–Crippen LogP) is 5.41. The molecule has 0 unspecified atom stereocenters.